The zero-order valence-corrected chi connectivity index (χ0v) is 12.5. The number of furan rings is 1. The van der Waals surface area contributed by atoms with Gasteiger partial charge in [0.1, 0.15) is 11.5 Å². The van der Waals surface area contributed by atoms with Gasteiger partial charge in [-0.3, -0.25) is 4.90 Å². The van der Waals surface area contributed by atoms with E-state index in [1.54, 1.807) is 0 Å². The summed E-state index contributed by atoms with van der Waals surface area (Å²) in [5.74, 6) is 1.66. The highest BCUT2D eigenvalue weighted by Gasteiger charge is 2.29. The van der Waals surface area contributed by atoms with Gasteiger partial charge in [0.05, 0.1) is 18.8 Å². The lowest BCUT2D eigenvalue weighted by Crippen LogP contribution is -2.22. The van der Waals surface area contributed by atoms with Crippen molar-refractivity contribution in [2.45, 2.75) is 18.8 Å². The number of aliphatic hydroxyl groups excluding tert-OH is 2. The van der Waals surface area contributed by atoms with Gasteiger partial charge >= 0.3 is 0 Å². The Morgan fingerprint density at radius 2 is 1.70 bits per heavy atom. The zero-order chi connectivity index (χ0) is 14.1. The topological polar surface area (TPSA) is 56.8 Å². The molecule has 106 valence electrons. The Morgan fingerprint density at radius 1 is 1.05 bits per heavy atom. The van der Waals surface area contributed by atoms with Crippen LogP contribution in [0.4, 0.5) is 0 Å². The molecular formula is C15H16BrNO3. The third-order valence-corrected chi connectivity index (χ3v) is 4.03. The number of hydrogen-bond acceptors (Lipinski definition) is 4. The number of halogens is 1. The van der Waals surface area contributed by atoms with Crippen LogP contribution < -0.4 is 0 Å². The number of nitrogens with zero attached hydrogens (tertiary/aromatic N) is 1. The molecule has 4 nitrogen and oxygen atoms in total. The lowest BCUT2D eigenvalue weighted by Gasteiger charge is -2.12. The standard InChI is InChI=1S/C15H16BrNO3/c16-11-3-1-10(2-4-11)15-6-5-12(20-15)7-17-8-13(18)14(19)9-17/h1-6,13-14,18-19H,7-9H2. The van der Waals surface area contributed by atoms with Gasteiger partial charge in [-0.25, -0.2) is 0 Å². The first-order valence-corrected chi connectivity index (χ1v) is 7.34. The average molecular weight is 338 g/mol. The van der Waals surface area contributed by atoms with Gasteiger partial charge in [0.2, 0.25) is 0 Å². The molecule has 1 saturated heterocycles. The quantitative estimate of drug-likeness (QED) is 0.901. The summed E-state index contributed by atoms with van der Waals surface area (Å²) in [7, 11) is 0. The summed E-state index contributed by atoms with van der Waals surface area (Å²) in [6.45, 7) is 1.57. The van der Waals surface area contributed by atoms with Gasteiger partial charge in [0.25, 0.3) is 0 Å². The van der Waals surface area contributed by atoms with Crippen LogP contribution in [0.2, 0.25) is 0 Å². The summed E-state index contributed by atoms with van der Waals surface area (Å²) in [6, 6.07) is 11.8. The van der Waals surface area contributed by atoms with Gasteiger partial charge in [-0.2, -0.15) is 0 Å². The van der Waals surface area contributed by atoms with Crippen molar-refractivity contribution in [3.8, 4) is 11.3 Å². The van der Waals surface area contributed by atoms with Crippen molar-refractivity contribution in [2.24, 2.45) is 0 Å². The lowest BCUT2D eigenvalue weighted by atomic mass is 10.2. The molecule has 2 N–H and O–H groups in total. The first-order valence-electron chi connectivity index (χ1n) is 6.55. The fourth-order valence-corrected chi connectivity index (χ4v) is 2.69. The molecule has 0 radical (unpaired) electrons. The van der Waals surface area contributed by atoms with Crippen molar-refractivity contribution >= 4 is 15.9 Å². The molecule has 1 aromatic heterocycles. The van der Waals surface area contributed by atoms with E-state index in [1.165, 1.54) is 0 Å². The molecule has 0 aliphatic carbocycles. The summed E-state index contributed by atoms with van der Waals surface area (Å²) < 4.78 is 6.86. The summed E-state index contributed by atoms with van der Waals surface area (Å²) in [5.41, 5.74) is 1.03. The molecule has 0 amide bonds. The molecule has 0 spiro atoms. The maximum Gasteiger partial charge on any atom is 0.134 e. The molecule has 1 aliphatic rings. The van der Waals surface area contributed by atoms with E-state index < -0.39 is 12.2 Å². The average Bonchev–Trinajstić information content (AvgIpc) is 2.99. The second-order valence-corrected chi connectivity index (χ2v) is 6.02. The van der Waals surface area contributed by atoms with E-state index in [4.69, 9.17) is 4.42 Å². The zero-order valence-electron chi connectivity index (χ0n) is 10.9. The molecule has 2 unspecified atom stereocenters. The van der Waals surface area contributed by atoms with Crippen LogP contribution in [0.5, 0.6) is 0 Å². The molecule has 5 heteroatoms. The summed E-state index contributed by atoms with van der Waals surface area (Å²) in [4.78, 5) is 1.99. The van der Waals surface area contributed by atoms with E-state index in [2.05, 4.69) is 15.9 Å². The predicted octanol–water partition coefficient (Wildman–Crippen LogP) is 2.25. The fraction of sp³-hybridized carbons (Fsp3) is 0.333. The lowest BCUT2D eigenvalue weighted by molar-refractivity contribution is 0.0572. The number of benzene rings is 1. The Kier molecular flexibility index (Phi) is 3.94. The van der Waals surface area contributed by atoms with Crippen molar-refractivity contribution < 1.29 is 14.6 Å². The van der Waals surface area contributed by atoms with Crippen molar-refractivity contribution in [2.75, 3.05) is 13.1 Å². The Labute approximate surface area is 125 Å². The molecule has 1 aromatic carbocycles. The second kappa shape index (κ2) is 5.69. The predicted molar refractivity (Wildman–Crippen MR) is 79.1 cm³/mol. The van der Waals surface area contributed by atoms with Gasteiger partial charge in [-0.1, -0.05) is 28.1 Å². The minimum Gasteiger partial charge on any atom is -0.460 e. The SMILES string of the molecule is OC1CN(Cc2ccc(-c3ccc(Br)cc3)o2)CC1O. The smallest absolute Gasteiger partial charge is 0.134 e. The van der Waals surface area contributed by atoms with E-state index >= 15 is 0 Å². The van der Waals surface area contributed by atoms with E-state index in [9.17, 15) is 10.2 Å². The van der Waals surface area contributed by atoms with Crippen LogP contribution in [0.3, 0.4) is 0 Å². The first kappa shape index (κ1) is 13.8. The summed E-state index contributed by atoms with van der Waals surface area (Å²) in [5, 5.41) is 19.1. The van der Waals surface area contributed by atoms with Crippen LogP contribution in [0.1, 0.15) is 5.76 Å². The van der Waals surface area contributed by atoms with Crippen molar-refractivity contribution in [3.63, 3.8) is 0 Å². The third-order valence-electron chi connectivity index (χ3n) is 3.50. The maximum absolute atomic E-state index is 9.53. The Hall–Kier alpha value is -1.14. The van der Waals surface area contributed by atoms with Crippen LogP contribution in [0, 0.1) is 0 Å². The number of rotatable bonds is 3. The summed E-state index contributed by atoms with van der Waals surface area (Å²) in [6.07, 6.45) is -1.31. The fourth-order valence-electron chi connectivity index (χ4n) is 2.43. The van der Waals surface area contributed by atoms with Gasteiger partial charge in [-0.05, 0) is 24.3 Å². The van der Waals surface area contributed by atoms with Gasteiger partial charge in [0.15, 0.2) is 0 Å². The maximum atomic E-state index is 9.53. The first-order chi connectivity index (χ1) is 9.61. The van der Waals surface area contributed by atoms with Crippen LogP contribution in [-0.4, -0.2) is 40.4 Å². The van der Waals surface area contributed by atoms with E-state index in [0.29, 0.717) is 19.6 Å². The highest BCUT2D eigenvalue weighted by Crippen LogP contribution is 2.25. The third kappa shape index (κ3) is 2.96. The van der Waals surface area contributed by atoms with Crippen LogP contribution in [0.15, 0.2) is 45.3 Å². The summed E-state index contributed by atoms with van der Waals surface area (Å²) >= 11 is 3.41. The van der Waals surface area contributed by atoms with Gasteiger partial charge in [0, 0.05) is 23.1 Å². The molecule has 20 heavy (non-hydrogen) atoms. The Bertz CT molecular complexity index is 571. The van der Waals surface area contributed by atoms with Crippen molar-refractivity contribution in [3.05, 3.63) is 46.6 Å². The highest BCUT2D eigenvalue weighted by atomic mass is 79.9. The number of hydrogen-bond donors (Lipinski definition) is 2. The highest BCUT2D eigenvalue weighted by molar-refractivity contribution is 9.10. The van der Waals surface area contributed by atoms with Crippen molar-refractivity contribution in [1.29, 1.82) is 0 Å². The Balaban J connectivity index is 1.69. The minimum atomic E-state index is -0.657. The molecule has 2 heterocycles. The molecule has 1 aliphatic heterocycles. The second-order valence-electron chi connectivity index (χ2n) is 5.10. The molecule has 0 bridgehead atoms. The number of likely N-dealkylation sites (tertiary alicyclic amines) is 1. The van der Waals surface area contributed by atoms with E-state index in [1.807, 2.05) is 41.3 Å². The molecule has 0 saturated carbocycles. The molecule has 2 atom stereocenters. The molecule has 2 aromatic rings. The molecule has 3 rings (SSSR count). The van der Waals surface area contributed by atoms with Crippen LogP contribution in [0.25, 0.3) is 11.3 Å². The molecule has 1 fully saturated rings. The van der Waals surface area contributed by atoms with Crippen molar-refractivity contribution in [1.82, 2.24) is 4.90 Å². The normalized spacial score (nSPS) is 23.4. The monoisotopic (exact) mass is 337 g/mol. The van der Waals surface area contributed by atoms with Gasteiger partial charge in [-0.15, -0.1) is 0 Å². The number of aliphatic hydroxyl groups is 2. The minimum absolute atomic E-state index is 0.482. The van der Waals surface area contributed by atoms with E-state index in [0.717, 1.165) is 21.6 Å². The Morgan fingerprint density at radius 3 is 2.35 bits per heavy atom. The van der Waals surface area contributed by atoms with Crippen LogP contribution in [-0.2, 0) is 6.54 Å². The van der Waals surface area contributed by atoms with Gasteiger partial charge < -0.3 is 14.6 Å². The van der Waals surface area contributed by atoms with E-state index in [-0.39, 0.29) is 0 Å². The van der Waals surface area contributed by atoms with Crippen LogP contribution >= 0.6 is 15.9 Å². The largest absolute Gasteiger partial charge is 0.460 e. The number of β-amino-alcohol motifs (C(OH)–C–C–N with tert-alkyl or cyclic N) is 2. The molecular weight excluding hydrogens is 322 g/mol.